The lowest BCUT2D eigenvalue weighted by atomic mass is 10.0. The molecule has 0 spiro atoms. The molecule has 1 atom stereocenters. The molecule has 0 fully saturated rings. The van der Waals surface area contributed by atoms with Crippen molar-refractivity contribution < 1.29 is 0 Å². The van der Waals surface area contributed by atoms with Gasteiger partial charge in [-0.05, 0) is 54.4 Å². The first-order chi connectivity index (χ1) is 10.2. The molecule has 0 saturated carbocycles. The highest BCUT2D eigenvalue weighted by atomic mass is 15.0. The molecule has 1 heterocycles. The Hall–Kier alpha value is -2.57. The molecule has 0 radical (unpaired) electrons. The number of nitrogens with zero attached hydrogens (tertiary/aromatic N) is 2. The molecule has 0 aliphatic heterocycles. The van der Waals surface area contributed by atoms with Crippen LogP contribution < -0.4 is 5.73 Å². The lowest BCUT2D eigenvalue weighted by Crippen LogP contribution is -2.08. The van der Waals surface area contributed by atoms with Crippen LogP contribution in [-0.4, -0.2) is 11.1 Å². The molecule has 3 heteroatoms. The maximum Gasteiger partial charge on any atom is 0.0991 e. The lowest BCUT2D eigenvalue weighted by Gasteiger charge is -2.11. The van der Waals surface area contributed by atoms with Crippen LogP contribution in [0.1, 0.15) is 24.0 Å². The van der Waals surface area contributed by atoms with Crippen molar-refractivity contribution in [2.75, 3.05) is 6.54 Å². The molecule has 104 valence electrons. The quantitative estimate of drug-likeness (QED) is 0.794. The first-order valence-electron chi connectivity index (χ1n) is 7.04. The van der Waals surface area contributed by atoms with Crippen molar-refractivity contribution in [1.82, 2.24) is 4.57 Å². The minimum atomic E-state index is 0.374. The molecular formula is C18H17N3. The van der Waals surface area contributed by atoms with Gasteiger partial charge in [0.05, 0.1) is 17.1 Å². The van der Waals surface area contributed by atoms with Crippen LogP contribution in [0.5, 0.6) is 0 Å². The van der Waals surface area contributed by atoms with Gasteiger partial charge in [-0.3, -0.25) is 0 Å². The van der Waals surface area contributed by atoms with E-state index in [-0.39, 0.29) is 0 Å². The van der Waals surface area contributed by atoms with E-state index in [1.54, 1.807) is 0 Å². The summed E-state index contributed by atoms with van der Waals surface area (Å²) in [6, 6.07) is 18.4. The number of hydrogen-bond acceptors (Lipinski definition) is 2. The summed E-state index contributed by atoms with van der Waals surface area (Å²) in [5, 5.41) is 10.0. The third-order valence-corrected chi connectivity index (χ3v) is 3.91. The molecule has 1 unspecified atom stereocenters. The van der Waals surface area contributed by atoms with Crippen LogP contribution in [0.15, 0.2) is 54.7 Å². The van der Waals surface area contributed by atoms with Gasteiger partial charge in [0.15, 0.2) is 0 Å². The molecule has 3 nitrogen and oxygen atoms in total. The molecule has 21 heavy (non-hydrogen) atoms. The molecule has 0 amide bonds. The van der Waals surface area contributed by atoms with Crippen molar-refractivity contribution in [3.8, 4) is 11.8 Å². The van der Waals surface area contributed by atoms with E-state index < -0.39 is 0 Å². The molecule has 1 aromatic heterocycles. The molecule has 3 aromatic rings. The summed E-state index contributed by atoms with van der Waals surface area (Å²) in [5.41, 5.74) is 9.87. The van der Waals surface area contributed by atoms with Gasteiger partial charge >= 0.3 is 0 Å². The first kappa shape index (κ1) is 13.4. The maximum absolute atomic E-state index is 8.96. The summed E-state index contributed by atoms with van der Waals surface area (Å²) in [6.45, 7) is 2.78. The average molecular weight is 275 g/mol. The topological polar surface area (TPSA) is 54.7 Å². The SMILES string of the molecule is CC(CN)c1ccc(-n2ccc3cc(C#N)ccc32)cc1. The van der Waals surface area contributed by atoms with Crippen LogP contribution in [0.2, 0.25) is 0 Å². The van der Waals surface area contributed by atoms with Crippen molar-refractivity contribution in [2.24, 2.45) is 5.73 Å². The van der Waals surface area contributed by atoms with Crippen LogP contribution in [0.4, 0.5) is 0 Å². The fourth-order valence-electron chi connectivity index (χ4n) is 2.54. The zero-order valence-corrected chi connectivity index (χ0v) is 12.0. The predicted molar refractivity (Wildman–Crippen MR) is 85.5 cm³/mol. The van der Waals surface area contributed by atoms with Gasteiger partial charge in [-0.1, -0.05) is 19.1 Å². The van der Waals surface area contributed by atoms with Gasteiger partial charge in [0.25, 0.3) is 0 Å². The van der Waals surface area contributed by atoms with E-state index in [0.717, 1.165) is 16.6 Å². The average Bonchev–Trinajstić information content (AvgIpc) is 2.97. The molecular weight excluding hydrogens is 258 g/mol. The minimum Gasteiger partial charge on any atom is -0.330 e. The Morgan fingerprint density at radius 3 is 2.57 bits per heavy atom. The highest BCUT2D eigenvalue weighted by Crippen LogP contribution is 2.23. The Morgan fingerprint density at radius 1 is 1.14 bits per heavy atom. The van der Waals surface area contributed by atoms with Gasteiger partial charge in [-0.2, -0.15) is 5.26 Å². The maximum atomic E-state index is 8.96. The van der Waals surface area contributed by atoms with E-state index in [1.165, 1.54) is 5.56 Å². The molecule has 0 aliphatic rings. The largest absolute Gasteiger partial charge is 0.330 e. The van der Waals surface area contributed by atoms with Gasteiger partial charge < -0.3 is 10.3 Å². The predicted octanol–water partition coefficient (Wildman–Crippen LogP) is 3.56. The second-order valence-electron chi connectivity index (χ2n) is 5.30. The Bertz CT molecular complexity index is 807. The second kappa shape index (κ2) is 5.43. The Kier molecular flexibility index (Phi) is 3.47. The minimum absolute atomic E-state index is 0.374. The Morgan fingerprint density at radius 2 is 1.90 bits per heavy atom. The van der Waals surface area contributed by atoms with Crippen LogP contribution in [0.25, 0.3) is 16.6 Å². The third-order valence-electron chi connectivity index (χ3n) is 3.91. The number of nitrogens with two attached hydrogens (primary N) is 1. The highest BCUT2D eigenvalue weighted by Gasteiger charge is 2.06. The summed E-state index contributed by atoms with van der Waals surface area (Å²) in [6.07, 6.45) is 2.03. The number of fused-ring (bicyclic) bond motifs is 1. The summed E-state index contributed by atoms with van der Waals surface area (Å²) >= 11 is 0. The highest BCUT2D eigenvalue weighted by molar-refractivity contribution is 5.83. The van der Waals surface area contributed by atoms with Crippen molar-refractivity contribution in [3.05, 3.63) is 65.9 Å². The number of rotatable bonds is 3. The van der Waals surface area contributed by atoms with Crippen LogP contribution in [-0.2, 0) is 0 Å². The first-order valence-corrected chi connectivity index (χ1v) is 7.04. The number of benzene rings is 2. The van der Waals surface area contributed by atoms with E-state index in [2.05, 4.69) is 41.8 Å². The van der Waals surface area contributed by atoms with E-state index in [1.807, 2.05) is 30.5 Å². The zero-order chi connectivity index (χ0) is 14.8. The van der Waals surface area contributed by atoms with Crippen molar-refractivity contribution >= 4 is 10.9 Å². The molecule has 0 bridgehead atoms. The fraction of sp³-hybridized carbons (Fsp3) is 0.167. The number of hydrogen-bond donors (Lipinski definition) is 1. The van der Waals surface area contributed by atoms with Gasteiger partial charge in [0, 0.05) is 17.3 Å². The number of nitriles is 1. The monoisotopic (exact) mass is 275 g/mol. The normalized spacial score (nSPS) is 12.2. The summed E-state index contributed by atoms with van der Waals surface area (Å²) in [5.74, 6) is 0.374. The van der Waals surface area contributed by atoms with E-state index in [9.17, 15) is 0 Å². The summed E-state index contributed by atoms with van der Waals surface area (Å²) in [7, 11) is 0. The smallest absolute Gasteiger partial charge is 0.0991 e. The Balaban J connectivity index is 2.03. The van der Waals surface area contributed by atoms with Gasteiger partial charge in [0.1, 0.15) is 0 Å². The second-order valence-corrected chi connectivity index (χ2v) is 5.30. The zero-order valence-electron chi connectivity index (χ0n) is 12.0. The van der Waals surface area contributed by atoms with Crippen LogP contribution in [0.3, 0.4) is 0 Å². The third kappa shape index (κ3) is 2.42. The number of aromatic nitrogens is 1. The van der Waals surface area contributed by atoms with E-state index in [4.69, 9.17) is 11.0 Å². The van der Waals surface area contributed by atoms with Gasteiger partial charge in [-0.15, -0.1) is 0 Å². The van der Waals surface area contributed by atoms with Crippen molar-refractivity contribution in [1.29, 1.82) is 5.26 Å². The van der Waals surface area contributed by atoms with E-state index >= 15 is 0 Å². The molecule has 2 aromatic carbocycles. The summed E-state index contributed by atoms with van der Waals surface area (Å²) < 4.78 is 2.13. The van der Waals surface area contributed by atoms with E-state index in [0.29, 0.717) is 18.0 Å². The fourth-order valence-corrected chi connectivity index (χ4v) is 2.54. The van der Waals surface area contributed by atoms with Crippen LogP contribution in [0, 0.1) is 11.3 Å². The van der Waals surface area contributed by atoms with Crippen molar-refractivity contribution in [2.45, 2.75) is 12.8 Å². The standard InChI is InChI=1S/C18H17N3/c1-13(11-19)15-3-5-17(6-4-15)21-9-8-16-10-14(12-20)2-7-18(16)21/h2-10,13H,11,19H2,1H3. The van der Waals surface area contributed by atoms with Gasteiger partial charge in [0.2, 0.25) is 0 Å². The Labute approximate surface area is 124 Å². The van der Waals surface area contributed by atoms with Crippen molar-refractivity contribution in [3.63, 3.8) is 0 Å². The van der Waals surface area contributed by atoms with Gasteiger partial charge in [-0.25, -0.2) is 0 Å². The molecule has 0 aliphatic carbocycles. The summed E-state index contributed by atoms with van der Waals surface area (Å²) in [4.78, 5) is 0. The molecule has 3 rings (SSSR count). The lowest BCUT2D eigenvalue weighted by molar-refractivity contribution is 0.774. The molecule has 2 N–H and O–H groups in total. The molecule has 0 saturated heterocycles. The van der Waals surface area contributed by atoms with Crippen LogP contribution >= 0.6 is 0 Å².